The molecule has 0 spiro atoms. The average molecular weight is 900 g/mol. The van der Waals surface area contributed by atoms with Crippen molar-refractivity contribution in [2.45, 2.75) is 168 Å². The Morgan fingerprint density at radius 1 is 1.02 bits per heavy atom. The van der Waals surface area contributed by atoms with Crippen LogP contribution in [0, 0.1) is 28.6 Å². The van der Waals surface area contributed by atoms with Gasteiger partial charge in [0.2, 0.25) is 0 Å². The van der Waals surface area contributed by atoms with Crippen LogP contribution in [0.25, 0.3) is 0 Å². The number of hydrogen-bond acceptors (Lipinski definition) is 15. The first-order valence-electron chi connectivity index (χ1n) is 22.0. The van der Waals surface area contributed by atoms with Crippen molar-refractivity contribution in [1.29, 1.82) is 0 Å². The molecule has 356 valence electrons. The maximum Gasteiger partial charge on any atom is 0.407 e. The third kappa shape index (κ3) is 9.49. The van der Waals surface area contributed by atoms with Gasteiger partial charge in [0.15, 0.2) is 18.0 Å². The van der Waals surface area contributed by atoms with Gasteiger partial charge in [-0.15, -0.1) is 0 Å². The molecule has 1 aliphatic heterocycles. The number of nitrogens with one attached hydrogen (secondary N) is 1. The van der Waals surface area contributed by atoms with Crippen molar-refractivity contribution in [1.82, 2.24) is 5.32 Å². The van der Waals surface area contributed by atoms with Gasteiger partial charge in [-0.05, 0) is 83.2 Å². The number of amides is 1. The molecular weight excluding hydrogens is 831 g/mol. The standard InChI is InChI=1S/C48H69NO15/c1-15-35(57-14)61-33-22-34-48(24-58-34,63-29(7)51)39-40(62-41(53)30-19-17-16-18-20-30)47(45(11,12)56)23-32(26(4)36(47)38(59-28(6)50)27(5)46(33,39)13)60-42(54)37(52)31(21-25(2)3)49-43(55)64-44(8,9)10/h15-20,25,27,31-35,37-40,52,56H,1,21-24H2,2-14H3,(H,49,55)/t27?,31-,32-,33-,34+,35+,37+,38+,39-,40-,46+,47?,48-/m0/s1. The Balaban J connectivity index is 1.79. The molecule has 0 radical (unpaired) electrons. The van der Waals surface area contributed by atoms with Crippen molar-refractivity contribution in [2.24, 2.45) is 28.6 Å². The molecule has 2 saturated carbocycles. The highest BCUT2D eigenvalue weighted by atomic mass is 16.7. The van der Waals surface area contributed by atoms with Crippen LogP contribution in [0.4, 0.5) is 4.79 Å². The maximum absolute atomic E-state index is 14.7. The van der Waals surface area contributed by atoms with Crippen LogP contribution in [0.3, 0.4) is 0 Å². The van der Waals surface area contributed by atoms with E-state index in [1.165, 1.54) is 40.9 Å². The number of esters is 4. The van der Waals surface area contributed by atoms with E-state index >= 15 is 0 Å². The lowest BCUT2D eigenvalue weighted by Crippen LogP contribution is -2.78. The van der Waals surface area contributed by atoms with Crippen LogP contribution < -0.4 is 5.32 Å². The summed E-state index contributed by atoms with van der Waals surface area (Å²) in [6.45, 7) is 23.6. The third-order valence-corrected chi connectivity index (χ3v) is 13.8. The number of ether oxygens (including phenoxy) is 8. The summed E-state index contributed by atoms with van der Waals surface area (Å²) >= 11 is 0. The zero-order chi connectivity index (χ0) is 47.9. The normalized spacial score (nSPS) is 32.5. The van der Waals surface area contributed by atoms with Gasteiger partial charge in [0.05, 0.1) is 41.3 Å². The Morgan fingerprint density at radius 3 is 2.16 bits per heavy atom. The van der Waals surface area contributed by atoms with Crippen LogP contribution in [0.15, 0.2) is 54.1 Å². The minimum Gasteiger partial charge on any atom is -0.458 e. The second-order valence-corrected chi connectivity index (χ2v) is 20.0. The summed E-state index contributed by atoms with van der Waals surface area (Å²) in [7, 11) is 1.46. The second kappa shape index (κ2) is 18.9. The molecule has 2 unspecified atom stereocenters. The molecule has 1 heterocycles. The van der Waals surface area contributed by atoms with Gasteiger partial charge >= 0.3 is 30.0 Å². The van der Waals surface area contributed by atoms with E-state index in [0.717, 1.165) is 0 Å². The first-order chi connectivity index (χ1) is 29.7. The van der Waals surface area contributed by atoms with Crippen LogP contribution in [0.1, 0.15) is 113 Å². The number of rotatable bonds is 15. The topological polar surface area (TPSA) is 212 Å². The number of carbonyl (C=O) groups is 5. The average Bonchev–Trinajstić information content (AvgIpc) is 3.45. The summed E-state index contributed by atoms with van der Waals surface area (Å²) in [5.41, 5.74) is -6.41. The van der Waals surface area contributed by atoms with Crippen LogP contribution in [0.2, 0.25) is 0 Å². The molecule has 1 aromatic carbocycles. The molecule has 3 aliphatic carbocycles. The lowest BCUT2D eigenvalue weighted by molar-refractivity contribution is -0.357. The SMILES string of the molecule is C=C[C@H](OC)O[C@H]1C[C@H]2OC[C@@]2(OC(C)=O)[C@H]2[C@H](OC(=O)c3ccccc3)C3(C(C)(C)O)C[C@H](OC(=O)[C@H](O)[C@H](CC(C)C)NC(=O)OC(C)(C)C)C(C)=C3[C@H](OC(C)=O)C(C)[C@]12C. The first-order valence-corrected chi connectivity index (χ1v) is 22.0. The maximum atomic E-state index is 14.7. The van der Waals surface area contributed by atoms with Crippen LogP contribution in [-0.2, 0) is 52.3 Å². The summed E-state index contributed by atoms with van der Waals surface area (Å²) in [6.07, 6.45) is -7.55. The molecule has 16 nitrogen and oxygen atoms in total. The molecule has 4 aliphatic rings. The van der Waals surface area contributed by atoms with Crippen molar-refractivity contribution in [3.05, 3.63) is 59.7 Å². The molecule has 13 atom stereocenters. The predicted octanol–water partition coefficient (Wildman–Crippen LogP) is 5.75. The predicted molar refractivity (Wildman–Crippen MR) is 231 cm³/mol. The van der Waals surface area contributed by atoms with Crippen molar-refractivity contribution < 1.29 is 72.1 Å². The fraction of sp³-hybridized carbons (Fsp3) is 0.688. The summed E-state index contributed by atoms with van der Waals surface area (Å²) in [5, 5.41) is 27.2. The Morgan fingerprint density at radius 2 is 1.66 bits per heavy atom. The van der Waals surface area contributed by atoms with E-state index in [9.17, 15) is 34.2 Å². The van der Waals surface area contributed by atoms with E-state index in [1.54, 1.807) is 58.0 Å². The van der Waals surface area contributed by atoms with Gasteiger partial charge < -0.3 is 53.4 Å². The Bertz CT molecular complexity index is 1950. The van der Waals surface area contributed by atoms with Gasteiger partial charge in [-0.1, -0.05) is 52.5 Å². The molecule has 5 rings (SSSR count). The summed E-state index contributed by atoms with van der Waals surface area (Å²) in [6, 6.07) is 7.14. The Kier molecular flexibility index (Phi) is 14.9. The lowest BCUT2D eigenvalue weighted by atomic mass is 9.48. The molecule has 16 heteroatoms. The first kappa shape index (κ1) is 50.6. The number of fused-ring (bicyclic) bond motifs is 4. The van der Waals surface area contributed by atoms with Gasteiger partial charge in [0.25, 0.3) is 0 Å². The van der Waals surface area contributed by atoms with Gasteiger partial charge in [0.1, 0.15) is 30.0 Å². The zero-order valence-corrected chi connectivity index (χ0v) is 39.6. The number of benzene rings is 1. The van der Waals surface area contributed by atoms with Crippen LogP contribution >= 0.6 is 0 Å². The van der Waals surface area contributed by atoms with E-state index in [1.807, 2.05) is 27.7 Å². The smallest absolute Gasteiger partial charge is 0.407 e. The van der Waals surface area contributed by atoms with Gasteiger partial charge in [0, 0.05) is 45.1 Å². The number of alkyl carbamates (subject to hydrolysis) is 1. The summed E-state index contributed by atoms with van der Waals surface area (Å²) < 4.78 is 49.8. The van der Waals surface area contributed by atoms with E-state index in [2.05, 4.69) is 11.9 Å². The fourth-order valence-electron chi connectivity index (χ4n) is 10.9. The molecule has 64 heavy (non-hydrogen) atoms. The second-order valence-electron chi connectivity index (χ2n) is 20.0. The molecule has 1 amide bonds. The highest BCUT2D eigenvalue weighted by Crippen LogP contribution is 2.70. The number of methoxy groups -OCH3 is 1. The zero-order valence-electron chi connectivity index (χ0n) is 39.6. The van der Waals surface area contributed by atoms with E-state index < -0.39 is 118 Å². The highest BCUT2D eigenvalue weighted by Gasteiger charge is 2.79. The summed E-state index contributed by atoms with van der Waals surface area (Å²) in [5.74, 6) is -5.09. The molecule has 1 aromatic rings. The highest BCUT2D eigenvalue weighted by molar-refractivity contribution is 5.89. The molecule has 3 N–H and O–H groups in total. The quantitative estimate of drug-likeness (QED) is 0.0828. The van der Waals surface area contributed by atoms with E-state index in [0.29, 0.717) is 11.1 Å². The van der Waals surface area contributed by atoms with Crippen molar-refractivity contribution in [3.63, 3.8) is 0 Å². The van der Waals surface area contributed by atoms with Crippen LogP contribution in [0.5, 0.6) is 0 Å². The Hall–Kier alpha value is -4.35. The number of hydrogen-bond donors (Lipinski definition) is 3. The summed E-state index contributed by atoms with van der Waals surface area (Å²) in [4.78, 5) is 68.6. The van der Waals surface area contributed by atoms with E-state index in [4.69, 9.17) is 37.9 Å². The van der Waals surface area contributed by atoms with E-state index in [-0.39, 0.29) is 37.4 Å². The molecule has 0 bridgehead atoms. The van der Waals surface area contributed by atoms with Gasteiger partial charge in [-0.3, -0.25) is 9.59 Å². The molecular formula is C48H69NO15. The molecule has 1 saturated heterocycles. The third-order valence-electron chi connectivity index (χ3n) is 13.8. The minimum absolute atomic E-state index is 0.0825. The van der Waals surface area contributed by atoms with Gasteiger partial charge in [-0.2, -0.15) is 0 Å². The Labute approximate surface area is 376 Å². The number of carbonyl (C=O) groups excluding carboxylic acids is 5. The monoisotopic (exact) mass is 899 g/mol. The molecule has 0 aromatic heterocycles. The fourth-order valence-corrected chi connectivity index (χ4v) is 10.9. The van der Waals surface area contributed by atoms with Gasteiger partial charge in [-0.25, -0.2) is 14.4 Å². The van der Waals surface area contributed by atoms with Crippen molar-refractivity contribution in [3.8, 4) is 0 Å². The largest absolute Gasteiger partial charge is 0.458 e. The van der Waals surface area contributed by atoms with Crippen molar-refractivity contribution >= 4 is 30.0 Å². The lowest BCUT2D eigenvalue weighted by Gasteiger charge is -2.66. The minimum atomic E-state index is -1.89. The van der Waals surface area contributed by atoms with Crippen LogP contribution in [-0.4, -0.2) is 120 Å². The number of aliphatic hydroxyl groups is 2. The molecule has 3 fully saturated rings. The number of aliphatic hydroxyl groups excluding tert-OH is 1. The van der Waals surface area contributed by atoms with Crippen molar-refractivity contribution in [2.75, 3.05) is 13.7 Å².